The zero-order valence-electron chi connectivity index (χ0n) is 11.6. The fraction of sp³-hybridized carbons (Fsp3) is 0.786. The van der Waals surface area contributed by atoms with Gasteiger partial charge in [-0.15, -0.1) is 0 Å². The van der Waals surface area contributed by atoms with Crippen molar-refractivity contribution in [1.82, 2.24) is 14.7 Å². The molecule has 0 aliphatic carbocycles. The van der Waals surface area contributed by atoms with E-state index < -0.39 is 0 Å². The molecule has 19 heavy (non-hydrogen) atoms. The first-order valence-corrected chi connectivity index (χ1v) is 7.21. The molecule has 2 fully saturated rings. The Kier molecular flexibility index (Phi) is 3.60. The third-order valence-electron chi connectivity index (χ3n) is 4.48. The summed E-state index contributed by atoms with van der Waals surface area (Å²) in [5.41, 5.74) is 0.849. The minimum absolute atomic E-state index is 0.265. The highest BCUT2D eigenvalue weighted by molar-refractivity contribution is 5.01. The lowest BCUT2D eigenvalue weighted by atomic mass is 9.82. The summed E-state index contributed by atoms with van der Waals surface area (Å²) in [6, 6.07) is 2.07. The fourth-order valence-electron chi connectivity index (χ4n) is 3.26. The molecule has 0 amide bonds. The maximum absolute atomic E-state index is 10.2. The SMILES string of the molecule is Cn1ccc(CN2CCC3(CC2)OCCCC3O)n1. The predicted molar refractivity (Wildman–Crippen MR) is 71.6 cm³/mol. The van der Waals surface area contributed by atoms with Crippen molar-refractivity contribution in [1.29, 1.82) is 0 Å². The van der Waals surface area contributed by atoms with Gasteiger partial charge >= 0.3 is 0 Å². The Bertz CT molecular complexity index is 424. The molecule has 1 spiro atoms. The Morgan fingerprint density at radius 1 is 1.47 bits per heavy atom. The second-order valence-corrected chi connectivity index (χ2v) is 5.83. The average Bonchev–Trinajstić information content (AvgIpc) is 2.81. The van der Waals surface area contributed by atoms with Crippen molar-refractivity contribution in [2.45, 2.75) is 43.9 Å². The van der Waals surface area contributed by atoms with Crippen molar-refractivity contribution in [3.8, 4) is 0 Å². The number of aliphatic hydroxyl groups is 1. The van der Waals surface area contributed by atoms with E-state index in [9.17, 15) is 5.11 Å². The van der Waals surface area contributed by atoms with E-state index in [1.54, 1.807) is 0 Å². The van der Waals surface area contributed by atoms with Crippen LogP contribution in [0.15, 0.2) is 12.3 Å². The van der Waals surface area contributed by atoms with Crippen molar-refractivity contribution in [3.05, 3.63) is 18.0 Å². The van der Waals surface area contributed by atoms with Gasteiger partial charge in [0.05, 0.1) is 17.4 Å². The van der Waals surface area contributed by atoms with E-state index in [0.717, 1.165) is 57.6 Å². The number of aryl methyl sites for hydroxylation is 1. The van der Waals surface area contributed by atoms with E-state index in [4.69, 9.17) is 4.74 Å². The van der Waals surface area contributed by atoms with Crippen LogP contribution in [0.2, 0.25) is 0 Å². The summed E-state index contributed by atoms with van der Waals surface area (Å²) < 4.78 is 7.77. The van der Waals surface area contributed by atoms with Gasteiger partial charge in [-0.05, 0) is 31.7 Å². The molecule has 0 bridgehead atoms. The molecule has 0 saturated carbocycles. The summed E-state index contributed by atoms with van der Waals surface area (Å²) in [4.78, 5) is 2.40. The molecule has 1 atom stereocenters. The van der Waals surface area contributed by atoms with Crippen molar-refractivity contribution < 1.29 is 9.84 Å². The quantitative estimate of drug-likeness (QED) is 0.864. The molecular formula is C14H23N3O2. The first-order valence-electron chi connectivity index (χ1n) is 7.21. The van der Waals surface area contributed by atoms with Gasteiger partial charge in [0.2, 0.25) is 0 Å². The molecule has 2 saturated heterocycles. The zero-order chi connectivity index (χ0) is 13.3. The lowest BCUT2D eigenvalue weighted by Gasteiger charge is -2.46. The standard InChI is InChI=1S/C14H23N3O2/c1-16-7-4-12(15-16)11-17-8-5-14(6-9-17)13(18)3-2-10-19-14/h4,7,13,18H,2-3,5-6,8-11H2,1H3. The van der Waals surface area contributed by atoms with Crippen LogP contribution >= 0.6 is 0 Å². The second kappa shape index (κ2) is 5.23. The third kappa shape index (κ3) is 2.68. The lowest BCUT2D eigenvalue weighted by molar-refractivity contribution is -0.177. The normalized spacial score (nSPS) is 27.8. The van der Waals surface area contributed by atoms with E-state index in [0.29, 0.717) is 0 Å². The first kappa shape index (κ1) is 13.1. The number of nitrogens with zero attached hydrogens (tertiary/aromatic N) is 3. The van der Waals surface area contributed by atoms with Gasteiger partial charge in [0.25, 0.3) is 0 Å². The van der Waals surface area contributed by atoms with E-state index in [2.05, 4.69) is 16.1 Å². The van der Waals surface area contributed by atoms with Crippen LogP contribution in [-0.2, 0) is 18.3 Å². The number of piperidine rings is 1. The molecule has 3 rings (SSSR count). The summed E-state index contributed by atoms with van der Waals surface area (Å²) in [5, 5.41) is 14.6. The molecule has 1 N–H and O–H groups in total. The highest BCUT2D eigenvalue weighted by Crippen LogP contribution is 2.35. The molecule has 106 valence electrons. The summed E-state index contributed by atoms with van der Waals surface area (Å²) in [6.07, 6.45) is 5.44. The van der Waals surface area contributed by atoms with E-state index in [-0.39, 0.29) is 11.7 Å². The monoisotopic (exact) mass is 265 g/mol. The second-order valence-electron chi connectivity index (χ2n) is 5.83. The largest absolute Gasteiger partial charge is 0.390 e. The number of rotatable bonds is 2. The molecule has 0 radical (unpaired) electrons. The van der Waals surface area contributed by atoms with Crippen LogP contribution in [0, 0.1) is 0 Å². The van der Waals surface area contributed by atoms with Gasteiger partial charge in [-0.2, -0.15) is 5.10 Å². The molecule has 2 aliphatic heterocycles. The topological polar surface area (TPSA) is 50.5 Å². The zero-order valence-corrected chi connectivity index (χ0v) is 11.6. The fourth-order valence-corrected chi connectivity index (χ4v) is 3.26. The molecule has 1 unspecified atom stereocenters. The molecule has 3 heterocycles. The Morgan fingerprint density at radius 3 is 2.89 bits per heavy atom. The van der Waals surface area contributed by atoms with Crippen LogP contribution in [0.5, 0.6) is 0 Å². The minimum Gasteiger partial charge on any atom is -0.390 e. The van der Waals surface area contributed by atoms with E-state index >= 15 is 0 Å². The van der Waals surface area contributed by atoms with Crippen LogP contribution in [0.4, 0.5) is 0 Å². The Balaban J connectivity index is 1.57. The molecule has 1 aromatic heterocycles. The summed E-state index contributed by atoms with van der Waals surface area (Å²) in [6.45, 7) is 3.66. The van der Waals surface area contributed by atoms with Gasteiger partial charge in [0.1, 0.15) is 0 Å². The van der Waals surface area contributed by atoms with Gasteiger partial charge in [-0.25, -0.2) is 0 Å². The highest BCUT2D eigenvalue weighted by atomic mass is 16.5. The molecule has 5 nitrogen and oxygen atoms in total. The van der Waals surface area contributed by atoms with Crippen molar-refractivity contribution >= 4 is 0 Å². The Morgan fingerprint density at radius 2 is 2.26 bits per heavy atom. The molecule has 0 aromatic carbocycles. The number of likely N-dealkylation sites (tertiary alicyclic amines) is 1. The van der Waals surface area contributed by atoms with Crippen LogP contribution in [-0.4, -0.2) is 51.2 Å². The maximum Gasteiger partial charge on any atom is 0.0964 e. The number of aliphatic hydroxyl groups excluding tert-OH is 1. The highest BCUT2D eigenvalue weighted by Gasteiger charge is 2.43. The van der Waals surface area contributed by atoms with Gasteiger partial charge in [-0.1, -0.05) is 0 Å². The van der Waals surface area contributed by atoms with Gasteiger partial charge < -0.3 is 9.84 Å². The molecule has 1 aromatic rings. The smallest absolute Gasteiger partial charge is 0.0964 e. The van der Waals surface area contributed by atoms with Crippen molar-refractivity contribution in [2.24, 2.45) is 7.05 Å². The van der Waals surface area contributed by atoms with Crippen LogP contribution < -0.4 is 0 Å². The Labute approximate surface area is 114 Å². The van der Waals surface area contributed by atoms with Crippen molar-refractivity contribution in [3.63, 3.8) is 0 Å². The van der Waals surface area contributed by atoms with E-state index in [1.165, 1.54) is 0 Å². The third-order valence-corrected chi connectivity index (χ3v) is 4.48. The number of aromatic nitrogens is 2. The molecular weight excluding hydrogens is 242 g/mol. The first-order chi connectivity index (χ1) is 9.18. The van der Waals surface area contributed by atoms with Crippen LogP contribution in [0.25, 0.3) is 0 Å². The van der Waals surface area contributed by atoms with Crippen LogP contribution in [0.3, 0.4) is 0 Å². The minimum atomic E-state index is -0.279. The van der Waals surface area contributed by atoms with Crippen LogP contribution in [0.1, 0.15) is 31.4 Å². The van der Waals surface area contributed by atoms with Gasteiger partial charge in [-0.3, -0.25) is 9.58 Å². The average molecular weight is 265 g/mol. The van der Waals surface area contributed by atoms with E-state index in [1.807, 2.05) is 17.9 Å². The number of ether oxygens (including phenoxy) is 1. The van der Waals surface area contributed by atoms with Gasteiger partial charge in [0, 0.05) is 39.5 Å². The maximum atomic E-state index is 10.2. The predicted octanol–water partition coefficient (Wildman–Crippen LogP) is 0.926. The lowest BCUT2D eigenvalue weighted by Crippen LogP contribution is -2.55. The molecule has 5 heteroatoms. The number of hydrogen-bond donors (Lipinski definition) is 1. The summed E-state index contributed by atoms with van der Waals surface area (Å²) in [7, 11) is 1.95. The molecule has 2 aliphatic rings. The van der Waals surface area contributed by atoms with Gasteiger partial charge in [0.15, 0.2) is 0 Å². The van der Waals surface area contributed by atoms with Crippen molar-refractivity contribution in [2.75, 3.05) is 19.7 Å². The Hall–Kier alpha value is -0.910. The summed E-state index contributed by atoms with van der Waals surface area (Å²) >= 11 is 0. The number of hydrogen-bond acceptors (Lipinski definition) is 4. The summed E-state index contributed by atoms with van der Waals surface area (Å²) in [5.74, 6) is 0.